The number of halogens is 3. The molecule has 1 heterocycles. The fourth-order valence-electron chi connectivity index (χ4n) is 3.15. The molecule has 0 saturated carbocycles. The Kier molecular flexibility index (Phi) is 7.61. The topological polar surface area (TPSA) is 78.3 Å². The van der Waals surface area contributed by atoms with Gasteiger partial charge in [0.25, 0.3) is 0 Å². The summed E-state index contributed by atoms with van der Waals surface area (Å²) >= 11 is 0. The third-order valence-electron chi connectivity index (χ3n) is 4.64. The Morgan fingerprint density at radius 3 is 2.38 bits per heavy atom. The normalized spacial score (nSPS) is 12.0. The van der Waals surface area contributed by atoms with Gasteiger partial charge in [0.2, 0.25) is 5.91 Å². The summed E-state index contributed by atoms with van der Waals surface area (Å²) in [4.78, 5) is 16.7. The molecule has 182 valence electrons. The number of ether oxygens (including phenoxy) is 2. The average Bonchev–Trinajstić information content (AvgIpc) is 3.16. The van der Waals surface area contributed by atoms with Crippen molar-refractivity contribution >= 4 is 11.6 Å². The number of rotatable bonds is 8. The van der Waals surface area contributed by atoms with Crippen LogP contribution < -0.4 is 10.1 Å². The van der Waals surface area contributed by atoms with E-state index in [0.29, 0.717) is 35.8 Å². The second-order valence-electron chi connectivity index (χ2n) is 8.88. The molecular weight excluding hydrogens is 449 g/mol. The van der Waals surface area contributed by atoms with Crippen LogP contribution in [0.25, 0.3) is 17.1 Å². The molecule has 0 unspecified atom stereocenters. The molecule has 0 fully saturated rings. The number of amides is 1. The van der Waals surface area contributed by atoms with Gasteiger partial charge in [-0.1, -0.05) is 39.0 Å². The van der Waals surface area contributed by atoms with Gasteiger partial charge < -0.3 is 14.8 Å². The summed E-state index contributed by atoms with van der Waals surface area (Å²) in [7, 11) is 1.53. The van der Waals surface area contributed by atoms with E-state index in [1.54, 1.807) is 24.3 Å². The van der Waals surface area contributed by atoms with Crippen molar-refractivity contribution in [1.29, 1.82) is 0 Å². The summed E-state index contributed by atoms with van der Waals surface area (Å²) in [6.07, 6.45) is -4.10. The van der Waals surface area contributed by atoms with Crippen molar-refractivity contribution in [1.82, 2.24) is 14.8 Å². The van der Waals surface area contributed by atoms with E-state index in [2.05, 4.69) is 15.4 Å². The third-order valence-corrected chi connectivity index (χ3v) is 4.64. The third kappa shape index (κ3) is 6.80. The van der Waals surface area contributed by atoms with Crippen molar-refractivity contribution in [2.45, 2.75) is 33.4 Å². The van der Waals surface area contributed by atoms with Gasteiger partial charge in [0, 0.05) is 24.8 Å². The zero-order valence-electron chi connectivity index (χ0n) is 19.4. The van der Waals surface area contributed by atoms with Crippen LogP contribution in [-0.4, -0.2) is 41.0 Å². The van der Waals surface area contributed by atoms with E-state index in [0.717, 1.165) is 12.1 Å². The van der Waals surface area contributed by atoms with Crippen molar-refractivity contribution in [2.75, 3.05) is 25.6 Å². The number of carbonyl (C=O) groups excluding carboxylic acids is 1. The number of alkyl halides is 3. The van der Waals surface area contributed by atoms with E-state index in [9.17, 15) is 18.0 Å². The minimum atomic E-state index is -4.44. The Morgan fingerprint density at radius 1 is 1.06 bits per heavy atom. The molecular formula is C24H27F3N4O3. The maximum Gasteiger partial charge on any atom is 0.416 e. The molecule has 1 amide bonds. The van der Waals surface area contributed by atoms with Gasteiger partial charge in [-0.15, -0.1) is 5.10 Å². The first kappa shape index (κ1) is 25.2. The van der Waals surface area contributed by atoms with Crippen molar-refractivity contribution in [3.63, 3.8) is 0 Å². The van der Waals surface area contributed by atoms with E-state index in [1.165, 1.54) is 23.9 Å². The molecule has 10 heteroatoms. The summed E-state index contributed by atoms with van der Waals surface area (Å²) in [5.74, 6) is 0.161. The van der Waals surface area contributed by atoms with Crippen LogP contribution in [0.15, 0.2) is 48.5 Å². The van der Waals surface area contributed by atoms with E-state index >= 15 is 0 Å². The molecule has 3 rings (SSSR count). The van der Waals surface area contributed by atoms with E-state index < -0.39 is 11.7 Å². The van der Waals surface area contributed by atoms with Gasteiger partial charge in [0.1, 0.15) is 6.61 Å². The molecule has 0 spiro atoms. The number of hydrogen-bond donors (Lipinski definition) is 1. The highest BCUT2D eigenvalue weighted by Crippen LogP contribution is 2.32. The Labute approximate surface area is 195 Å². The predicted molar refractivity (Wildman–Crippen MR) is 122 cm³/mol. The molecule has 0 radical (unpaired) electrons. The lowest BCUT2D eigenvalue weighted by Gasteiger charge is -2.17. The fraction of sp³-hybridized carbons (Fsp3) is 0.375. The van der Waals surface area contributed by atoms with Crippen molar-refractivity contribution in [3.05, 3.63) is 54.1 Å². The van der Waals surface area contributed by atoms with Crippen LogP contribution in [0.4, 0.5) is 18.9 Å². The largest absolute Gasteiger partial charge is 0.460 e. The van der Waals surface area contributed by atoms with Gasteiger partial charge in [0.05, 0.1) is 17.9 Å². The first-order chi connectivity index (χ1) is 16.0. The highest BCUT2D eigenvalue weighted by Gasteiger charge is 2.30. The summed E-state index contributed by atoms with van der Waals surface area (Å²) < 4.78 is 50.9. The van der Waals surface area contributed by atoms with Crippen LogP contribution in [0, 0.1) is 5.41 Å². The van der Waals surface area contributed by atoms with Gasteiger partial charge in [-0.2, -0.15) is 18.2 Å². The van der Waals surface area contributed by atoms with Crippen LogP contribution in [0.3, 0.4) is 0 Å². The molecule has 0 aliphatic rings. The van der Waals surface area contributed by atoms with Crippen LogP contribution >= 0.6 is 0 Å². The van der Waals surface area contributed by atoms with E-state index in [1.807, 2.05) is 20.8 Å². The molecule has 0 aliphatic carbocycles. The van der Waals surface area contributed by atoms with Crippen molar-refractivity contribution in [2.24, 2.45) is 5.41 Å². The lowest BCUT2D eigenvalue weighted by atomic mass is 9.92. The Balaban J connectivity index is 1.96. The number of benzene rings is 2. The number of nitrogens with one attached hydrogen (secondary N) is 1. The smallest absolute Gasteiger partial charge is 0.416 e. The quantitative estimate of drug-likeness (QED) is 0.443. The number of nitrogens with zero attached hydrogens (tertiary/aromatic N) is 3. The van der Waals surface area contributed by atoms with Gasteiger partial charge in [-0.3, -0.25) is 4.79 Å². The van der Waals surface area contributed by atoms with E-state index in [-0.39, 0.29) is 23.9 Å². The van der Waals surface area contributed by atoms with Crippen molar-refractivity contribution < 1.29 is 27.4 Å². The number of methoxy groups -OCH3 is 1. The molecule has 0 aliphatic heterocycles. The molecule has 1 N–H and O–H groups in total. The summed E-state index contributed by atoms with van der Waals surface area (Å²) in [5.41, 5.74) is 0.601. The minimum Gasteiger partial charge on any atom is -0.460 e. The van der Waals surface area contributed by atoms with Gasteiger partial charge >= 0.3 is 12.2 Å². The highest BCUT2D eigenvalue weighted by atomic mass is 19.4. The summed E-state index contributed by atoms with van der Waals surface area (Å²) in [6, 6.07) is 11.6. The van der Waals surface area contributed by atoms with Crippen LogP contribution in [0.1, 0.15) is 32.8 Å². The Bertz CT molecular complexity index is 1120. The lowest BCUT2D eigenvalue weighted by molar-refractivity contribution is -0.137. The second-order valence-corrected chi connectivity index (χ2v) is 8.88. The first-order valence-electron chi connectivity index (χ1n) is 10.6. The van der Waals surface area contributed by atoms with Crippen LogP contribution in [0.2, 0.25) is 0 Å². The molecule has 2 aromatic carbocycles. The fourth-order valence-corrected chi connectivity index (χ4v) is 3.15. The van der Waals surface area contributed by atoms with Gasteiger partial charge in [-0.25, -0.2) is 4.68 Å². The summed E-state index contributed by atoms with van der Waals surface area (Å²) in [5, 5.41) is 7.24. The molecule has 7 nitrogen and oxygen atoms in total. The molecule has 0 bridgehead atoms. The monoisotopic (exact) mass is 476 g/mol. The maximum atomic E-state index is 13.0. The van der Waals surface area contributed by atoms with Crippen LogP contribution in [0.5, 0.6) is 6.01 Å². The summed E-state index contributed by atoms with van der Waals surface area (Å²) in [6.45, 7) is 6.44. The molecule has 34 heavy (non-hydrogen) atoms. The predicted octanol–water partition coefficient (Wildman–Crippen LogP) is 5.35. The van der Waals surface area contributed by atoms with Crippen LogP contribution in [-0.2, 0) is 15.7 Å². The molecule has 0 saturated heterocycles. The SMILES string of the molecule is COCCOc1nc(-c2ccc(C(F)(F)F)cc2)n(-c2cccc(NC(=O)CC(C)(C)C)c2)n1. The number of carbonyl (C=O) groups is 1. The number of anilines is 1. The molecule has 0 atom stereocenters. The van der Waals surface area contributed by atoms with Gasteiger partial charge in [-0.05, 0) is 35.7 Å². The average molecular weight is 476 g/mol. The van der Waals surface area contributed by atoms with Crippen molar-refractivity contribution in [3.8, 4) is 23.1 Å². The number of hydrogen-bond acceptors (Lipinski definition) is 5. The van der Waals surface area contributed by atoms with E-state index in [4.69, 9.17) is 9.47 Å². The highest BCUT2D eigenvalue weighted by molar-refractivity contribution is 5.91. The lowest BCUT2D eigenvalue weighted by Crippen LogP contribution is -2.19. The standard InChI is InChI=1S/C24H27F3N4O3/c1-23(2,3)15-20(32)28-18-6-5-7-19(14-18)31-21(29-22(30-31)34-13-12-33-4)16-8-10-17(11-9-16)24(25,26)27/h5-11,14H,12-13,15H2,1-4H3,(H,28,32). The zero-order valence-corrected chi connectivity index (χ0v) is 19.4. The Morgan fingerprint density at radius 2 is 1.76 bits per heavy atom. The number of aromatic nitrogens is 3. The molecule has 1 aromatic heterocycles. The molecule has 3 aromatic rings. The maximum absolute atomic E-state index is 13.0. The Hall–Kier alpha value is -3.40. The second kappa shape index (κ2) is 10.3. The first-order valence-corrected chi connectivity index (χ1v) is 10.6. The zero-order chi connectivity index (χ0) is 24.9. The minimum absolute atomic E-state index is 0.0501. The van der Waals surface area contributed by atoms with Gasteiger partial charge in [0.15, 0.2) is 5.82 Å².